The maximum absolute atomic E-state index is 2.54. The van der Waals surface area contributed by atoms with E-state index in [1.165, 1.54) is 76.2 Å². The van der Waals surface area contributed by atoms with Crippen LogP contribution in [0.4, 0.5) is 0 Å². The molecule has 0 aliphatic heterocycles. The van der Waals surface area contributed by atoms with Gasteiger partial charge in [0.05, 0.1) is 61.2 Å². The zero-order valence-electron chi connectivity index (χ0n) is 34.7. The van der Waals surface area contributed by atoms with E-state index in [4.69, 9.17) is 0 Å². The van der Waals surface area contributed by atoms with Gasteiger partial charge in [0.25, 0.3) is 0 Å². The second-order valence-corrected chi connectivity index (χ2v) is 16.9. The van der Waals surface area contributed by atoms with Gasteiger partial charge in [-0.15, -0.1) is 0 Å². The van der Waals surface area contributed by atoms with E-state index in [1.807, 2.05) is 0 Å². The van der Waals surface area contributed by atoms with Gasteiger partial charge in [-0.2, -0.15) is 0 Å². The number of benzene rings is 10. The predicted octanol–water partition coefficient (Wildman–Crippen LogP) is 15.7. The average Bonchev–Trinajstić information content (AvgIpc) is 4.09. The molecule has 10 aromatic carbocycles. The van der Waals surface area contributed by atoms with E-state index in [2.05, 4.69) is 249 Å². The Hall–Kier alpha value is -8.60. The van der Waals surface area contributed by atoms with Crippen molar-refractivity contribution in [2.45, 2.75) is 0 Å². The molecule has 0 unspecified atom stereocenters. The number of nitrogens with zero attached hydrogens (tertiary/aromatic N) is 4. The third kappa shape index (κ3) is 4.82. The molecular formula is C60H38N4. The molecule has 0 N–H and O–H groups in total. The number of para-hydroxylation sites is 9. The first-order valence-corrected chi connectivity index (χ1v) is 22.0. The molecule has 0 radical (unpaired) electrons. The molecule has 4 aromatic heterocycles. The van der Waals surface area contributed by atoms with Crippen LogP contribution in [0.1, 0.15) is 0 Å². The van der Waals surface area contributed by atoms with Gasteiger partial charge in [-0.05, 0) is 66.7 Å². The molecule has 0 saturated heterocycles. The van der Waals surface area contributed by atoms with Gasteiger partial charge >= 0.3 is 0 Å². The van der Waals surface area contributed by atoms with Crippen LogP contribution in [0.2, 0.25) is 0 Å². The van der Waals surface area contributed by atoms with Crippen molar-refractivity contribution in [3.63, 3.8) is 0 Å². The van der Waals surface area contributed by atoms with Gasteiger partial charge in [-0.3, -0.25) is 0 Å². The molecule has 0 atom stereocenters. The van der Waals surface area contributed by atoms with E-state index in [-0.39, 0.29) is 0 Å². The van der Waals surface area contributed by atoms with Crippen molar-refractivity contribution in [1.82, 2.24) is 18.3 Å². The van der Waals surface area contributed by atoms with E-state index in [0.717, 1.165) is 44.9 Å². The van der Waals surface area contributed by atoms with Gasteiger partial charge in [0.15, 0.2) is 0 Å². The van der Waals surface area contributed by atoms with Crippen LogP contribution in [0.15, 0.2) is 231 Å². The minimum atomic E-state index is 1.12. The van der Waals surface area contributed by atoms with Crippen LogP contribution in [0.5, 0.6) is 0 Å². The molecule has 0 amide bonds. The fraction of sp³-hybridized carbons (Fsp3) is 0. The summed E-state index contributed by atoms with van der Waals surface area (Å²) in [6, 6.07) is 84.6. The van der Waals surface area contributed by atoms with Crippen LogP contribution in [0.3, 0.4) is 0 Å². The van der Waals surface area contributed by atoms with E-state index in [0.29, 0.717) is 0 Å². The van der Waals surface area contributed by atoms with Crippen LogP contribution in [0, 0.1) is 0 Å². The van der Waals surface area contributed by atoms with Gasteiger partial charge < -0.3 is 18.3 Å². The van der Waals surface area contributed by atoms with Crippen LogP contribution >= 0.6 is 0 Å². The van der Waals surface area contributed by atoms with Gasteiger partial charge in [-0.1, -0.05) is 164 Å². The number of fused-ring (bicyclic) bond motifs is 12. The second kappa shape index (κ2) is 13.4. The van der Waals surface area contributed by atoms with Gasteiger partial charge in [0, 0.05) is 59.9 Å². The molecule has 0 aliphatic carbocycles. The van der Waals surface area contributed by atoms with Crippen molar-refractivity contribution in [3.05, 3.63) is 231 Å². The number of hydrogen-bond acceptors (Lipinski definition) is 0. The molecule has 14 rings (SSSR count). The summed E-state index contributed by atoms with van der Waals surface area (Å²) in [5.74, 6) is 0. The van der Waals surface area contributed by atoms with Crippen LogP contribution in [-0.2, 0) is 0 Å². The Kier molecular flexibility index (Phi) is 7.36. The zero-order valence-corrected chi connectivity index (χ0v) is 34.7. The maximum Gasteiger partial charge on any atom is 0.0784 e. The second-order valence-electron chi connectivity index (χ2n) is 16.9. The molecule has 4 nitrogen and oxygen atoms in total. The Morgan fingerprint density at radius 2 is 0.484 bits per heavy atom. The minimum Gasteiger partial charge on any atom is -0.309 e. The molecule has 0 spiro atoms. The fourth-order valence-corrected chi connectivity index (χ4v) is 11.0. The highest BCUT2D eigenvalue weighted by Crippen LogP contribution is 2.45. The Morgan fingerprint density at radius 1 is 0.203 bits per heavy atom. The van der Waals surface area contributed by atoms with Crippen molar-refractivity contribution < 1.29 is 0 Å². The van der Waals surface area contributed by atoms with E-state index in [1.54, 1.807) is 0 Å². The summed E-state index contributed by atoms with van der Waals surface area (Å²) in [5.41, 5.74) is 16.2. The lowest BCUT2D eigenvalue weighted by molar-refractivity contribution is 1.11. The van der Waals surface area contributed by atoms with E-state index >= 15 is 0 Å². The summed E-state index contributed by atoms with van der Waals surface area (Å²) in [4.78, 5) is 0. The van der Waals surface area contributed by atoms with Gasteiger partial charge in [0.1, 0.15) is 0 Å². The molecule has 64 heavy (non-hydrogen) atoms. The summed E-state index contributed by atoms with van der Waals surface area (Å²) in [6.45, 7) is 0. The minimum absolute atomic E-state index is 1.12. The summed E-state index contributed by atoms with van der Waals surface area (Å²) in [6.07, 6.45) is 0. The third-order valence-electron chi connectivity index (χ3n) is 13.6. The highest BCUT2D eigenvalue weighted by atomic mass is 15.1. The van der Waals surface area contributed by atoms with Crippen molar-refractivity contribution in [3.8, 4) is 33.9 Å². The third-order valence-corrected chi connectivity index (χ3v) is 13.6. The van der Waals surface area contributed by atoms with E-state index in [9.17, 15) is 0 Å². The van der Waals surface area contributed by atoms with Crippen molar-refractivity contribution in [1.29, 1.82) is 0 Å². The average molecular weight is 815 g/mol. The first-order valence-electron chi connectivity index (χ1n) is 22.0. The van der Waals surface area contributed by atoms with Crippen molar-refractivity contribution in [2.75, 3.05) is 0 Å². The Balaban J connectivity index is 1.14. The highest BCUT2D eigenvalue weighted by Gasteiger charge is 2.25. The molecule has 0 saturated carbocycles. The van der Waals surface area contributed by atoms with Crippen LogP contribution < -0.4 is 0 Å². The zero-order chi connectivity index (χ0) is 41.9. The SMILES string of the molecule is c1ccc(-n2c3ccccc3c3ccccc32)c(-c2ccccc2-n2c3ccccc3c3cc(-n4c5ccccc5c5ccccc54)cc(-n4c5ccccc5c5ccccc54)c32)c1. The van der Waals surface area contributed by atoms with Gasteiger partial charge in [0.2, 0.25) is 0 Å². The molecule has 4 heteroatoms. The fourth-order valence-electron chi connectivity index (χ4n) is 11.0. The quantitative estimate of drug-likeness (QED) is 0.165. The Morgan fingerprint density at radius 3 is 0.891 bits per heavy atom. The molecule has 0 fully saturated rings. The first kappa shape index (κ1) is 35.0. The monoisotopic (exact) mass is 814 g/mol. The van der Waals surface area contributed by atoms with Crippen LogP contribution in [0.25, 0.3) is 121 Å². The summed E-state index contributed by atoms with van der Waals surface area (Å²) in [5, 5.41) is 9.85. The number of aromatic nitrogens is 4. The molecule has 298 valence electrons. The number of hydrogen-bond donors (Lipinski definition) is 0. The van der Waals surface area contributed by atoms with Gasteiger partial charge in [-0.25, -0.2) is 0 Å². The van der Waals surface area contributed by atoms with E-state index < -0.39 is 0 Å². The first-order chi connectivity index (χ1) is 31.8. The Bertz CT molecular complexity index is 4050. The lowest BCUT2D eigenvalue weighted by Gasteiger charge is -2.20. The largest absolute Gasteiger partial charge is 0.309 e. The topological polar surface area (TPSA) is 19.7 Å². The molecular weight excluding hydrogens is 777 g/mol. The summed E-state index contributed by atoms with van der Waals surface area (Å²) < 4.78 is 9.96. The normalized spacial score (nSPS) is 12.1. The van der Waals surface area contributed by atoms with Crippen molar-refractivity contribution >= 4 is 87.2 Å². The van der Waals surface area contributed by atoms with Crippen LogP contribution in [-0.4, -0.2) is 18.3 Å². The Labute approximate surface area is 368 Å². The molecule has 0 aliphatic rings. The predicted molar refractivity (Wildman–Crippen MR) is 269 cm³/mol. The summed E-state index contributed by atoms with van der Waals surface area (Å²) >= 11 is 0. The van der Waals surface area contributed by atoms with Crippen molar-refractivity contribution in [2.24, 2.45) is 0 Å². The maximum atomic E-state index is 2.54. The lowest BCUT2D eigenvalue weighted by Crippen LogP contribution is -2.05. The molecule has 0 bridgehead atoms. The lowest BCUT2D eigenvalue weighted by atomic mass is 10.0. The number of rotatable bonds is 5. The standard InChI is InChI=1S/C60H38N4/c1-10-28-50-40(19-1)41-20-2-11-29-51(41)61(50)39-37-49-48-27-9-18-36-58(48)64(60(49)59(38-39)63-55-33-15-6-23-44(55)45-24-7-16-34-56(45)63)57-35-17-8-26-47(57)46-25-5-14-32-54(46)62-52-30-12-3-21-42(52)43-22-4-13-31-53(43)62/h1-38H. The molecule has 14 aromatic rings. The smallest absolute Gasteiger partial charge is 0.0784 e. The molecule has 4 heterocycles. The summed E-state index contributed by atoms with van der Waals surface area (Å²) in [7, 11) is 0. The highest BCUT2D eigenvalue weighted by molar-refractivity contribution is 6.17.